The molecule has 0 aliphatic carbocycles. The highest BCUT2D eigenvalue weighted by atomic mass is 35.5. The summed E-state index contributed by atoms with van der Waals surface area (Å²) in [7, 11) is 2.75. The van der Waals surface area contributed by atoms with E-state index in [1.54, 1.807) is 24.3 Å². The zero-order chi connectivity index (χ0) is 31.7. The second-order valence-electron chi connectivity index (χ2n) is 11.2. The number of esters is 2. The maximum absolute atomic E-state index is 13.1. The molecule has 1 unspecified atom stereocenters. The van der Waals surface area contributed by atoms with Gasteiger partial charge in [-0.2, -0.15) is 0 Å². The molecule has 0 saturated carbocycles. The van der Waals surface area contributed by atoms with Crippen LogP contribution in [0.15, 0.2) is 48.5 Å². The summed E-state index contributed by atoms with van der Waals surface area (Å²) < 4.78 is 10.5. The van der Waals surface area contributed by atoms with Crippen LogP contribution in [0.3, 0.4) is 0 Å². The molecule has 4 rings (SSSR count). The molecule has 2 heterocycles. The summed E-state index contributed by atoms with van der Waals surface area (Å²) in [5.41, 5.74) is 14.9. The molecule has 234 valence electrons. The van der Waals surface area contributed by atoms with Crippen molar-refractivity contribution in [3.8, 4) is 0 Å². The molecule has 3 aromatic rings. The molecule has 1 aliphatic heterocycles. The zero-order valence-electron chi connectivity index (χ0n) is 25.2. The number of ether oxygens (including phenoxy) is 2. The van der Waals surface area contributed by atoms with E-state index in [2.05, 4.69) is 15.3 Å². The first-order chi connectivity index (χ1) is 21.1. The van der Waals surface area contributed by atoms with Gasteiger partial charge in [0.15, 0.2) is 22.5 Å². The Bertz CT molecular complexity index is 1400. The van der Waals surface area contributed by atoms with E-state index in [0.29, 0.717) is 11.1 Å². The van der Waals surface area contributed by atoms with Crippen LogP contribution in [0, 0.1) is 0 Å². The van der Waals surface area contributed by atoms with Crippen LogP contribution in [0.1, 0.15) is 68.0 Å². The number of hydrogen-bond acceptors (Lipinski definition) is 9. The van der Waals surface area contributed by atoms with Gasteiger partial charge in [-0.15, -0.1) is 0 Å². The second-order valence-corrected chi connectivity index (χ2v) is 11.6. The normalized spacial score (nSPS) is 15.8. The highest BCUT2D eigenvalue weighted by Crippen LogP contribution is 2.24. The maximum atomic E-state index is 13.1. The molecule has 1 fully saturated rings. The van der Waals surface area contributed by atoms with E-state index in [-0.39, 0.29) is 40.5 Å². The SMILES string of the molecule is COC(=O)c1ccc(CCC[N+]2(CCCc3ccc(C(=O)OC)cc3)CCCC(NC(=O)c3nc(Cl)c(N)nc3N)C2)cc1. The molecule has 0 bridgehead atoms. The first-order valence-electron chi connectivity index (χ1n) is 14.7. The van der Waals surface area contributed by atoms with Crippen LogP contribution in [-0.4, -0.2) is 78.7 Å². The molecule has 44 heavy (non-hydrogen) atoms. The standard InChI is InChI=1S/C32H39ClN6O5/c1-43-31(41)23-13-9-21(10-14-23)6-3-17-39(18-4-7-22-11-15-24(16-12-22)32(42)44-2)19-5-8-25(20-39)36-30(40)26-28(34)38-29(35)27(33)37-26/h9-16,25H,3-8,17-20H2,1-2H3,(H4-,34,35,36,38,40)/p+1. The molecule has 1 amide bonds. The number of halogens is 1. The fraction of sp³-hybridized carbons (Fsp3) is 0.406. The molecule has 0 radical (unpaired) electrons. The number of rotatable bonds is 12. The van der Waals surface area contributed by atoms with E-state index >= 15 is 0 Å². The smallest absolute Gasteiger partial charge is 0.337 e. The number of carbonyl (C=O) groups is 3. The Morgan fingerprint density at radius 1 is 0.864 bits per heavy atom. The highest BCUT2D eigenvalue weighted by molar-refractivity contribution is 6.31. The highest BCUT2D eigenvalue weighted by Gasteiger charge is 2.35. The van der Waals surface area contributed by atoms with Crippen molar-refractivity contribution in [1.29, 1.82) is 0 Å². The number of nitrogen functional groups attached to an aromatic ring is 2. The number of nitrogens with zero attached hydrogens (tertiary/aromatic N) is 3. The van der Waals surface area contributed by atoms with Gasteiger partial charge < -0.3 is 30.7 Å². The predicted octanol–water partition coefficient (Wildman–Crippen LogP) is 3.84. The zero-order valence-corrected chi connectivity index (χ0v) is 25.9. The molecular formula is C32H40ClN6O5+. The number of aryl methyl sites for hydroxylation is 2. The van der Waals surface area contributed by atoms with Gasteiger partial charge >= 0.3 is 11.9 Å². The van der Waals surface area contributed by atoms with Crippen molar-refractivity contribution in [3.63, 3.8) is 0 Å². The third-order valence-electron chi connectivity index (χ3n) is 8.19. The fourth-order valence-electron chi connectivity index (χ4n) is 5.91. The lowest BCUT2D eigenvalue weighted by molar-refractivity contribution is -0.933. The minimum absolute atomic E-state index is 0.0195. The Morgan fingerprint density at radius 2 is 1.39 bits per heavy atom. The largest absolute Gasteiger partial charge is 0.465 e. The molecule has 1 atom stereocenters. The number of carbonyl (C=O) groups excluding carboxylic acids is 3. The Kier molecular flexibility index (Phi) is 11.1. The summed E-state index contributed by atoms with van der Waals surface area (Å²) in [6.07, 6.45) is 5.41. The molecule has 0 spiro atoms. The molecule has 1 saturated heterocycles. The van der Waals surface area contributed by atoms with Crippen LogP contribution in [0.5, 0.6) is 0 Å². The van der Waals surface area contributed by atoms with Crippen molar-refractivity contribution in [1.82, 2.24) is 15.3 Å². The Balaban J connectivity index is 1.44. The van der Waals surface area contributed by atoms with Crippen LogP contribution in [0.2, 0.25) is 5.15 Å². The van der Waals surface area contributed by atoms with E-state index < -0.39 is 5.91 Å². The first-order valence-corrected chi connectivity index (χ1v) is 15.1. The third-order valence-corrected chi connectivity index (χ3v) is 8.47. The number of nitrogens with two attached hydrogens (primary N) is 2. The van der Waals surface area contributed by atoms with E-state index in [9.17, 15) is 14.4 Å². The molecule has 1 aliphatic rings. The number of nitrogens with one attached hydrogen (secondary N) is 1. The van der Waals surface area contributed by atoms with Gasteiger partial charge in [0.2, 0.25) is 0 Å². The number of aromatic nitrogens is 2. The Morgan fingerprint density at radius 3 is 1.89 bits per heavy atom. The summed E-state index contributed by atoms with van der Waals surface area (Å²) in [5.74, 6) is -1.20. The minimum Gasteiger partial charge on any atom is -0.465 e. The molecule has 2 aromatic carbocycles. The van der Waals surface area contributed by atoms with E-state index in [4.69, 9.17) is 32.5 Å². The van der Waals surface area contributed by atoms with Gasteiger partial charge in [-0.05, 0) is 61.1 Å². The Hall–Kier alpha value is -4.22. The molecule has 5 N–H and O–H groups in total. The lowest BCUT2D eigenvalue weighted by atomic mass is 9.98. The number of hydrogen-bond donors (Lipinski definition) is 3. The molecular weight excluding hydrogens is 584 g/mol. The molecule has 11 nitrogen and oxygen atoms in total. The monoisotopic (exact) mass is 623 g/mol. The topological polar surface area (TPSA) is 160 Å². The number of amides is 1. The van der Waals surface area contributed by atoms with Gasteiger partial charge in [0, 0.05) is 12.8 Å². The minimum atomic E-state index is -0.418. The van der Waals surface area contributed by atoms with Crippen LogP contribution >= 0.6 is 11.6 Å². The van der Waals surface area contributed by atoms with Crippen LogP contribution < -0.4 is 16.8 Å². The second kappa shape index (κ2) is 15.0. The summed E-state index contributed by atoms with van der Waals surface area (Å²) >= 11 is 6.01. The average molecular weight is 624 g/mol. The van der Waals surface area contributed by atoms with E-state index in [0.717, 1.165) is 80.3 Å². The summed E-state index contributed by atoms with van der Waals surface area (Å²) in [6, 6.07) is 15.0. The number of quaternary nitrogens is 1. The van der Waals surface area contributed by atoms with Gasteiger partial charge in [-0.25, -0.2) is 19.6 Å². The summed E-state index contributed by atoms with van der Waals surface area (Å²) in [6.45, 7) is 3.64. The summed E-state index contributed by atoms with van der Waals surface area (Å²) in [4.78, 5) is 44.7. The lowest BCUT2D eigenvalue weighted by Crippen LogP contribution is -2.60. The van der Waals surface area contributed by atoms with Gasteiger partial charge in [0.25, 0.3) is 5.91 Å². The van der Waals surface area contributed by atoms with Crippen molar-refractivity contribution < 1.29 is 28.3 Å². The van der Waals surface area contributed by atoms with Crippen LogP contribution in [0.4, 0.5) is 11.6 Å². The number of piperidine rings is 1. The van der Waals surface area contributed by atoms with Crippen molar-refractivity contribution in [2.45, 2.75) is 44.6 Å². The maximum Gasteiger partial charge on any atom is 0.337 e. The summed E-state index contributed by atoms with van der Waals surface area (Å²) in [5, 5.41) is 3.06. The quantitative estimate of drug-likeness (QED) is 0.201. The van der Waals surface area contributed by atoms with Crippen molar-refractivity contribution in [2.75, 3.05) is 51.9 Å². The van der Waals surface area contributed by atoms with Gasteiger partial charge in [-0.1, -0.05) is 35.9 Å². The number of methoxy groups -OCH3 is 2. The van der Waals surface area contributed by atoms with Gasteiger partial charge in [0.1, 0.15) is 0 Å². The number of benzene rings is 2. The average Bonchev–Trinajstić information content (AvgIpc) is 3.02. The van der Waals surface area contributed by atoms with E-state index in [1.807, 2.05) is 24.3 Å². The van der Waals surface area contributed by atoms with E-state index in [1.165, 1.54) is 14.2 Å². The molecule has 12 heteroatoms. The van der Waals surface area contributed by atoms with Gasteiger partial charge in [0.05, 0.1) is 57.6 Å². The predicted molar refractivity (Wildman–Crippen MR) is 168 cm³/mol. The van der Waals surface area contributed by atoms with Crippen LogP contribution in [-0.2, 0) is 22.3 Å². The third kappa shape index (κ3) is 8.45. The number of anilines is 2. The lowest BCUT2D eigenvalue weighted by Gasteiger charge is -2.45. The fourth-order valence-corrected chi connectivity index (χ4v) is 6.04. The van der Waals surface area contributed by atoms with Crippen molar-refractivity contribution >= 4 is 41.1 Å². The molecule has 1 aromatic heterocycles. The van der Waals surface area contributed by atoms with Crippen molar-refractivity contribution in [2.24, 2.45) is 0 Å². The van der Waals surface area contributed by atoms with Crippen LogP contribution in [0.25, 0.3) is 0 Å². The van der Waals surface area contributed by atoms with Crippen molar-refractivity contribution in [3.05, 3.63) is 81.6 Å². The van der Waals surface area contributed by atoms with Gasteiger partial charge in [-0.3, -0.25) is 4.79 Å². The Labute approximate surface area is 262 Å². The number of likely N-dealkylation sites (tertiary alicyclic amines) is 1. The first kappa shape index (κ1) is 32.7.